The Labute approximate surface area is 136 Å². The normalized spacial score (nSPS) is 12.4. The molecule has 0 spiro atoms. The van der Waals surface area contributed by atoms with Gasteiger partial charge in [-0.1, -0.05) is 23.5 Å². The molecular weight excluding hydrogens is 317 g/mol. The van der Waals surface area contributed by atoms with Gasteiger partial charge in [-0.15, -0.1) is 5.10 Å². The summed E-state index contributed by atoms with van der Waals surface area (Å²) in [5.41, 5.74) is 7.23. The van der Waals surface area contributed by atoms with E-state index in [1.807, 2.05) is 13.1 Å². The molecule has 2 aromatic heterocycles. The van der Waals surface area contributed by atoms with Crippen molar-refractivity contribution >= 4 is 27.3 Å². The second-order valence-corrected chi connectivity index (χ2v) is 6.28. The fourth-order valence-electron chi connectivity index (χ4n) is 2.27. The van der Waals surface area contributed by atoms with Crippen LogP contribution < -0.4 is 11.1 Å². The number of amides is 1. The van der Waals surface area contributed by atoms with Crippen LogP contribution in [-0.2, 0) is 11.2 Å². The first-order valence-electron chi connectivity index (χ1n) is 7.11. The summed E-state index contributed by atoms with van der Waals surface area (Å²) in [5, 5.41) is 8.15. The summed E-state index contributed by atoms with van der Waals surface area (Å²) >= 11 is 1.41. The average Bonchev–Trinajstić information content (AvgIpc) is 3.01. The zero-order chi connectivity index (χ0) is 16.4. The third-order valence-electron chi connectivity index (χ3n) is 3.46. The number of nitrogens with zero attached hydrogens (tertiary/aromatic N) is 3. The zero-order valence-corrected chi connectivity index (χ0v) is 13.3. The van der Waals surface area contributed by atoms with Crippen molar-refractivity contribution in [1.29, 1.82) is 0 Å². The SMILES string of the molecule is Cc1cn2nc(NC[C@@H](Cc3ccc(F)cc3)C(N)=O)sc2n1. The van der Waals surface area contributed by atoms with Crippen molar-refractivity contribution in [1.82, 2.24) is 14.6 Å². The number of anilines is 1. The molecule has 3 aromatic rings. The largest absolute Gasteiger partial charge is 0.369 e. The molecule has 0 bridgehead atoms. The Kier molecular flexibility index (Phi) is 4.24. The minimum absolute atomic E-state index is 0.302. The quantitative estimate of drug-likeness (QED) is 0.722. The second-order valence-electron chi connectivity index (χ2n) is 5.33. The van der Waals surface area contributed by atoms with Gasteiger partial charge in [0.1, 0.15) is 5.82 Å². The molecule has 6 nitrogen and oxygen atoms in total. The number of nitrogens with one attached hydrogen (secondary N) is 1. The number of fused-ring (bicyclic) bond motifs is 1. The van der Waals surface area contributed by atoms with Gasteiger partial charge in [0.2, 0.25) is 16.0 Å². The summed E-state index contributed by atoms with van der Waals surface area (Å²) in [4.78, 5) is 16.7. The van der Waals surface area contributed by atoms with Crippen LogP contribution in [0, 0.1) is 18.7 Å². The topological polar surface area (TPSA) is 85.3 Å². The molecule has 1 amide bonds. The van der Waals surface area contributed by atoms with Crippen LogP contribution in [0.2, 0.25) is 0 Å². The molecule has 3 N–H and O–H groups in total. The first-order valence-corrected chi connectivity index (χ1v) is 7.93. The molecule has 0 aliphatic heterocycles. The number of hydrogen-bond acceptors (Lipinski definition) is 5. The number of benzene rings is 1. The van der Waals surface area contributed by atoms with E-state index >= 15 is 0 Å². The highest BCUT2D eigenvalue weighted by Crippen LogP contribution is 2.20. The van der Waals surface area contributed by atoms with Crippen LogP contribution in [0.3, 0.4) is 0 Å². The number of carbonyl (C=O) groups is 1. The van der Waals surface area contributed by atoms with Crippen LogP contribution in [0.25, 0.3) is 4.96 Å². The summed E-state index contributed by atoms with van der Waals surface area (Å²) in [6.07, 6.45) is 2.28. The number of halogens is 1. The third-order valence-corrected chi connectivity index (χ3v) is 4.34. The van der Waals surface area contributed by atoms with Gasteiger partial charge < -0.3 is 11.1 Å². The molecule has 0 radical (unpaired) electrons. The smallest absolute Gasteiger partial charge is 0.222 e. The molecule has 0 saturated carbocycles. The van der Waals surface area contributed by atoms with Gasteiger partial charge in [0, 0.05) is 6.54 Å². The van der Waals surface area contributed by atoms with Gasteiger partial charge >= 0.3 is 0 Å². The Morgan fingerprint density at radius 3 is 2.83 bits per heavy atom. The van der Waals surface area contributed by atoms with Gasteiger partial charge in [-0.25, -0.2) is 13.9 Å². The molecule has 1 aromatic carbocycles. The number of nitrogens with two attached hydrogens (primary N) is 1. The summed E-state index contributed by atoms with van der Waals surface area (Å²) in [6.45, 7) is 2.27. The lowest BCUT2D eigenvalue weighted by Gasteiger charge is -2.13. The van der Waals surface area contributed by atoms with Crippen molar-refractivity contribution in [2.75, 3.05) is 11.9 Å². The third kappa shape index (κ3) is 3.65. The van der Waals surface area contributed by atoms with Gasteiger partial charge in [-0.2, -0.15) is 0 Å². The molecule has 2 heterocycles. The van der Waals surface area contributed by atoms with Crippen LogP contribution >= 0.6 is 11.3 Å². The van der Waals surface area contributed by atoms with E-state index < -0.39 is 11.8 Å². The molecule has 0 aliphatic carbocycles. The lowest BCUT2D eigenvalue weighted by Crippen LogP contribution is -2.31. The van der Waals surface area contributed by atoms with Gasteiger partial charge in [0.25, 0.3) is 0 Å². The Morgan fingerprint density at radius 2 is 2.17 bits per heavy atom. The molecule has 1 atom stereocenters. The molecule has 120 valence electrons. The van der Waals surface area contributed by atoms with E-state index in [0.717, 1.165) is 16.2 Å². The molecular formula is C15H16FN5OS. The van der Waals surface area contributed by atoms with Gasteiger partial charge in [-0.05, 0) is 31.0 Å². The van der Waals surface area contributed by atoms with Crippen LogP contribution in [0.1, 0.15) is 11.3 Å². The minimum atomic E-state index is -0.404. The molecule has 0 unspecified atom stereocenters. The van der Waals surface area contributed by atoms with Crippen molar-refractivity contribution in [3.8, 4) is 0 Å². The molecule has 8 heteroatoms. The summed E-state index contributed by atoms with van der Waals surface area (Å²) < 4.78 is 14.6. The van der Waals surface area contributed by atoms with E-state index in [-0.39, 0.29) is 5.82 Å². The van der Waals surface area contributed by atoms with Gasteiger partial charge in [-0.3, -0.25) is 4.79 Å². The van der Waals surface area contributed by atoms with Gasteiger partial charge in [0.15, 0.2) is 0 Å². The van der Waals surface area contributed by atoms with Crippen LogP contribution in [0.4, 0.5) is 9.52 Å². The molecule has 0 aliphatic rings. The Balaban J connectivity index is 1.65. The maximum atomic E-state index is 12.9. The molecule has 23 heavy (non-hydrogen) atoms. The zero-order valence-electron chi connectivity index (χ0n) is 12.5. The summed E-state index contributed by atoms with van der Waals surface area (Å²) in [5.74, 6) is -1.11. The van der Waals surface area contributed by atoms with E-state index in [2.05, 4.69) is 15.4 Å². The summed E-state index contributed by atoms with van der Waals surface area (Å²) in [6, 6.07) is 6.06. The fraction of sp³-hybridized carbons (Fsp3) is 0.267. The number of hydrogen-bond donors (Lipinski definition) is 2. The van der Waals surface area contributed by atoms with Crippen molar-refractivity contribution in [3.05, 3.63) is 47.5 Å². The molecule has 0 saturated heterocycles. The van der Waals surface area contributed by atoms with Crippen LogP contribution in [0.15, 0.2) is 30.5 Å². The maximum absolute atomic E-state index is 12.9. The Hall–Kier alpha value is -2.48. The van der Waals surface area contributed by atoms with E-state index in [1.165, 1.54) is 23.5 Å². The standard InChI is InChI=1S/C15H16FN5OS/c1-9-8-21-15(19-9)23-14(20-21)18-7-11(13(17)22)6-10-2-4-12(16)5-3-10/h2-5,8,11H,6-7H2,1H3,(H2,17,22)(H,18,20)/t11-/m1/s1. The summed E-state index contributed by atoms with van der Waals surface area (Å²) in [7, 11) is 0. The maximum Gasteiger partial charge on any atom is 0.222 e. The van der Waals surface area contributed by atoms with Crippen molar-refractivity contribution in [2.24, 2.45) is 11.7 Å². The lowest BCUT2D eigenvalue weighted by atomic mass is 9.99. The highest BCUT2D eigenvalue weighted by molar-refractivity contribution is 7.20. The highest BCUT2D eigenvalue weighted by Gasteiger charge is 2.17. The second kappa shape index (κ2) is 6.33. The first kappa shape index (κ1) is 15.4. The average molecular weight is 333 g/mol. The predicted molar refractivity (Wildman–Crippen MR) is 86.9 cm³/mol. The monoisotopic (exact) mass is 333 g/mol. The van der Waals surface area contributed by atoms with E-state index in [1.54, 1.807) is 16.6 Å². The number of rotatable bonds is 6. The van der Waals surface area contributed by atoms with Gasteiger partial charge in [0.05, 0.1) is 17.8 Å². The van der Waals surface area contributed by atoms with E-state index in [4.69, 9.17) is 5.73 Å². The predicted octanol–water partition coefficient (Wildman–Crippen LogP) is 1.99. The van der Waals surface area contributed by atoms with Crippen LogP contribution in [0.5, 0.6) is 0 Å². The minimum Gasteiger partial charge on any atom is -0.369 e. The fourth-order valence-corrected chi connectivity index (χ4v) is 3.10. The van der Waals surface area contributed by atoms with E-state index in [0.29, 0.717) is 18.1 Å². The van der Waals surface area contributed by atoms with Crippen molar-refractivity contribution < 1.29 is 9.18 Å². The van der Waals surface area contributed by atoms with Crippen molar-refractivity contribution in [3.63, 3.8) is 0 Å². The highest BCUT2D eigenvalue weighted by atomic mass is 32.1. The Bertz CT molecular complexity index is 795. The molecule has 3 rings (SSSR count). The first-order chi connectivity index (χ1) is 11.0. The lowest BCUT2D eigenvalue weighted by molar-refractivity contribution is -0.121. The number of primary amides is 1. The molecule has 0 fully saturated rings. The number of carbonyl (C=O) groups excluding carboxylic acids is 1. The number of aromatic nitrogens is 3. The van der Waals surface area contributed by atoms with Crippen LogP contribution in [-0.4, -0.2) is 27.0 Å². The van der Waals surface area contributed by atoms with E-state index in [9.17, 15) is 9.18 Å². The van der Waals surface area contributed by atoms with Crippen molar-refractivity contribution in [2.45, 2.75) is 13.3 Å². The Morgan fingerprint density at radius 1 is 1.43 bits per heavy atom. The number of aryl methyl sites for hydroxylation is 1. The number of imidazole rings is 1.